The Labute approximate surface area is 230 Å². The SMILES string of the molecule is C=COc1ccc(CN(C)C(=O)C(Cc2cc(C)nn2C)C(=O)N(C)Cc2ccc3c(c2)C=CCO3)cc1C. The van der Waals surface area contributed by atoms with E-state index < -0.39 is 5.92 Å². The molecule has 0 radical (unpaired) electrons. The van der Waals surface area contributed by atoms with E-state index in [1.54, 1.807) is 28.6 Å². The number of aryl methyl sites for hydroxylation is 3. The first kappa shape index (κ1) is 27.7. The van der Waals surface area contributed by atoms with E-state index in [0.717, 1.165) is 39.4 Å². The minimum atomic E-state index is -0.889. The molecule has 4 rings (SSSR count). The van der Waals surface area contributed by atoms with Crippen molar-refractivity contribution in [2.75, 3.05) is 20.7 Å². The number of carbonyl (C=O) groups excluding carboxylic acids is 2. The Morgan fingerprint density at radius 3 is 2.36 bits per heavy atom. The first-order valence-corrected chi connectivity index (χ1v) is 12.9. The average molecular weight is 529 g/mol. The quantitative estimate of drug-likeness (QED) is 0.287. The number of fused-ring (bicyclic) bond motifs is 1. The molecule has 0 saturated carbocycles. The van der Waals surface area contributed by atoms with Crippen LogP contribution >= 0.6 is 0 Å². The lowest BCUT2D eigenvalue weighted by atomic mass is 9.98. The Hall–Kier alpha value is -4.33. The van der Waals surface area contributed by atoms with Crippen LogP contribution in [0.25, 0.3) is 6.08 Å². The van der Waals surface area contributed by atoms with Crippen LogP contribution in [0.3, 0.4) is 0 Å². The molecule has 0 bridgehead atoms. The average Bonchev–Trinajstić information content (AvgIpc) is 3.24. The molecule has 2 heterocycles. The summed E-state index contributed by atoms with van der Waals surface area (Å²) in [4.78, 5) is 30.9. The maximum absolute atomic E-state index is 13.8. The molecule has 2 amide bonds. The van der Waals surface area contributed by atoms with Gasteiger partial charge in [-0.2, -0.15) is 5.10 Å². The molecule has 8 heteroatoms. The van der Waals surface area contributed by atoms with E-state index in [4.69, 9.17) is 9.47 Å². The zero-order chi connectivity index (χ0) is 28.1. The smallest absolute Gasteiger partial charge is 0.235 e. The highest BCUT2D eigenvalue weighted by Gasteiger charge is 2.33. The second-order valence-electron chi connectivity index (χ2n) is 10.0. The fourth-order valence-corrected chi connectivity index (χ4v) is 4.88. The van der Waals surface area contributed by atoms with Gasteiger partial charge in [0.25, 0.3) is 0 Å². The first-order valence-electron chi connectivity index (χ1n) is 12.9. The third-order valence-corrected chi connectivity index (χ3v) is 6.86. The van der Waals surface area contributed by atoms with Gasteiger partial charge in [-0.15, -0.1) is 0 Å². The van der Waals surface area contributed by atoms with Gasteiger partial charge in [0.2, 0.25) is 11.8 Å². The van der Waals surface area contributed by atoms with Gasteiger partial charge in [0.1, 0.15) is 24.0 Å². The van der Waals surface area contributed by atoms with E-state index >= 15 is 0 Å². The number of hydrogen-bond acceptors (Lipinski definition) is 5. The molecule has 1 unspecified atom stereocenters. The van der Waals surface area contributed by atoms with Crippen molar-refractivity contribution < 1.29 is 19.1 Å². The number of hydrogen-bond donors (Lipinski definition) is 0. The Kier molecular flexibility index (Phi) is 8.54. The molecule has 0 spiro atoms. The maximum atomic E-state index is 13.8. The summed E-state index contributed by atoms with van der Waals surface area (Å²) < 4.78 is 12.8. The highest BCUT2D eigenvalue weighted by molar-refractivity contribution is 6.00. The van der Waals surface area contributed by atoms with Gasteiger partial charge in [-0.1, -0.05) is 30.9 Å². The first-order chi connectivity index (χ1) is 18.7. The summed E-state index contributed by atoms with van der Waals surface area (Å²) in [5.74, 6) is 0.182. The van der Waals surface area contributed by atoms with Crippen molar-refractivity contribution in [3.8, 4) is 11.5 Å². The summed E-state index contributed by atoms with van der Waals surface area (Å²) in [5.41, 5.74) is 5.51. The van der Waals surface area contributed by atoms with Crippen LogP contribution in [0.5, 0.6) is 11.5 Å². The van der Waals surface area contributed by atoms with Crippen LogP contribution in [0, 0.1) is 19.8 Å². The zero-order valence-corrected chi connectivity index (χ0v) is 23.3. The van der Waals surface area contributed by atoms with Gasteiger partial charge in [-0.3, -0.25) is 14.3 Å². The highest BCUT2D eigenvalue weighted by atomic mass is 16.5. The summed E-state index contributed by atoms with van der Waals surface area (Å²) in [6, 6.07) is 13.6. The number of ether oxygens (including phenoxy) is 2. The molecule has 8 nitrogen and oxygen atoms in total. The number of nitrogens with zero attached hydrogens (tertiary/aromatic N) is 4. The number of amides is 2. The second-order valence-corrected chi connectivity index (χ2v) is 10.0. The van der Waals surface area contributed by atoms with Gasteiger partial charge in [0.15, 0.2) is 0 Å². The third kappa shape index (κ3) is 6.57. The van der Waals surface area contributed by atoms with Gasteiger partial charge in [-0.05, 0) is 60.9 Å². The largest absolute Gasteiger partial charge is 0.489 e. The summed E-state index contributed by atoms with van der Waals surface area (Å²) in [7, 11) is 5.31. The molecule has 2 aromatic carbocycles. The monoisotopic (exact) mass is 528 g/mol. The summed E-state index contributed by atoms with van der Waals surface area (Å²) >= 11 is 0. The van der Waals surface area contributed by atoms with Crippen molar-refractivity contribution in [1.82, 2.24) is 19.6 Å². The lowest BCUT2D eigenvalue weighted by molar-refractivity contribution is -0.146. The van der Waals surface area contributed by atoms with Gasteiger partial charge in [-0.25, -0.2) is 0 Å². The van der Waals surface area contributed by atoms with Gasteiger partial charge in [0, 0.05) is 51.9 Å². The fourth-order valence-electron chi connectivity index (χ4n) is 4.88. The zero-order valence-electron chi connectivity index (χ0n) is 23.3. The van der Waals surface area contributed by atoms with Crippen LogP contribution in [-0.2, 0) is 36.1 Å². The lowest BCUT2D eigenvalue weighted by Gasteiger charge is -2.27. The van der Waals surface area contributed by atoms with Crippen molar-refractivity contribution in [2.45, 2.75) is 33.4 Å². The van der Waals surface area contributed by atoms with Gasteiger partial charge < -0.3 is 19.3 Å². The molecular formula is C31H36N4O4. The van der Waals surface area contributed by atoms with Gasteiger partial charge >= 0.3 is 0 Å². The fraction of sp³-hybridized carbons (Fsp3) is 0.323. The molecule has 0 fully saturated rings. The predicted octanol–water partition coefficient (Wildman–Crippen LogP) is 4.44. The number of benzene rings is 2. The Morgan fingerprint density at radius 2 is 1.74 bits per heavy atom. The molecule has 1 atom stereocenters. The molecular weight excluding hydrogens is 492 g/mol. The highest BCUT2D eigenvalue weighted by Crippen LogP contribution is 2.26. The summed E-state index contributed by atoms with van der Waals surface area (Å²) in [5, 5.41) is 4.41. The molecule has 0 saturated heterocycles. The molecule has 39 heavy (non-hydrogen) atoms. The molecule has 1 aromatic heterocycles. The predicted molar refractivity (Wildman–Crippen MR) is 151 cm³/mol. The van der Waals surface area contributed by atoms with E-state index in [0.29, 0.717) is 25.4 Å². The normalized spacial score (nSPS) is 12.7. The van der Waals surface area contributed by atoms with E-state index in [9.17, 15) is 9.59 Å². The van der Waals surface area contributed by atoms with E-state index in [-0.39, 0.29) is 18.2 Å². The minimum absolute atomic E-state index is 0.235. The van der Waals surface area contributed by atoms with Crippen LogP contribution in [0.2, 0.25) is 0 Å². The van der Waals surface area contributed by atoms with E-state index in [2.05, 4.69) is 11.7 Å². The second kappa shape index (κ2) is 12.0. The van der Waals surface area contributed by atoms with Crippen molar-refractivity contribution >= 4 is 17.9 Å². The topological polar surface area (TPSA) is 76.9 Å². The molecule has 0 aliphatic carbocycles. The van der Waals surface area contributed by atoms with Gasteiger partial charge in [0.05, 0.1) is 12.0 Å². The number of aromatic nitrogens is 2. The molecule has 3 aromatic rings. The minimum Gasteiger partial charge on any atom is -0.489 e. The standard InChI is InChI=1S/C31H36N4O4/c1-7-38-28-12-10-23(15-21(28)2)19-33(4)30(36)27(18-26-16-22(3)32-35(26)6)31(37)34(5)20-24-11-13-29-25(17-24)9-8-14-39-29/h7-13,15-17,27H,1,14,18-20H2,2-6H3. The summed E-state index contributed by atoms with van der Waals surface area (Å²) in [6.07, 6.45) is 5.63. The molecule has 1 aliphatic heterocycles. The van der Waals surface area contributed by atoms with Crippen LogP contribution in [0.4, 0.5) is 0 Å². The van der Waals surface area contributed by atoms with E-state index in [1.807, 2.05) is 75.5 Å². The van der Waals surface area contributed by atoms with Crippen LogP contribution in [0.1, 0.15) is 33.6 Å². The summed E-state index contributed by atoms with van der Waals surface area (Å²) in [6.45, 7) is 8.74. The van der Waals surface area contributed by atoms with E-state index in [1.165, 1.54) is 6.26 Å². The third-order valence-electron chi connectivity index (χ3n) is 6.86. The van der Waals surface area contributed by atoms with Crippen molar-refractivity contribution in [1.29, 1.82) is 0 Å². The van der Waals surface area contributed by atoms with Crippen LogP contribution in [-0.4, -0.2) is 52.1 Å². The molecule has 204 valence electrons. The van der Waals surface area contributed by atoms with Crippen LogP contribution in [0.15, 0.2) is 61.4 Å². The Morgan fingerprint density at radius 1 is 1.08 bits per heavy atom. The molecule has 1 aliphatic rings. The Balaban J connectivity index is 1.54. The van der Waals surface area contributed by atoms with Crippen molar-refractivity contribution in [3.05, 3.63) is 95.0 Å². The molecule has 0 N–H and O–H groups in total. The Bertz CT molecular complexity index is 1410. The van der Waals surface area contributed by atoms with Crippen LogP contribution < -0.4 is 9.47 Å². The van der Waals surface area contributed by atoms with Crippen molar-refractivity contribution in [2.24, 2.45) is 13.0 Å². The number of rotatable bonds is 10. The number of carbonyl (C=O) groups is 2. The lowest BCUT2D eigenvalue weighted by Crippen LogP contribution is -2.43. The maximum Gasteiger partial charge on any atom is 0.235 e. The van der Waals surface area contributed by atoms with Crippen molar-refractivity contribution in [3.63, 3.8) is 0 Å².